The van der Waals surface area contributed by atoms with Crippen molar-refractivity contribution in [3.05, 3.63) is 89.5 Å². The number of rotatable bonds is 17. The zero-order valence-electron chi connectivity index (χ0n) is 26.2. The summed E-state index contributed by atoms with van der Waals surface area (Å²) < 4.78 is 11.2. The molecule has 43 heavy (non-hydrogen) atoms. The Labute approximate surface area is 257 Å². The van der Waals surface area contributed by atoms with Gasteiger partial charge in [0.05, 0.1) is 11.7 Å². The van der Waals surface area contributed by atoms with Crippen LogP contribution in [0.5, 0.6) is 5.75 Å². The van der Waals surface area contributed by atoms with Gasteiger partial charge in [-0.3, -0.25) is 9.59 Å². The highest BCUT2D eigenvalue weighted by molar-refractivity contribution is 5.97. The molecule has 1 aliphatic carbocycles. The van der Waals surface area contributed by atoms with Crippen molar-refractivity contribution in [2.45, 2.75) is 109 Å². The van der Waals surface area contributed by atoms with Gasteiger partial charge in [-0.25, -0.2) is 4.79 Å². The Morgan fingerprint density at radius 2 is 1.47 bits per heavy atom. The highest BCUT2D eigenvalue weighted by Gasteiger charge is 2.40. The number of esters is 2. The van der Waals surface area contributed by atoms with Gasteiger partial charge >= 0.3 is 17.9 Å². The minimum Gasteiger partial charge on any atom is -0.480 e. The van der Waals surface area contributed by atoms with E-state index in [1.54, 1.807) is 48.6 Å². The molecule has 6 heteroatoms. The number of hydrogen-bond donors (Lipinski definition) is 1. The minimum absolute atomic E-state index is 0.167. The summed E-state index contributed by atoms with van der Waals surface area (Å²) in [6.45, 7) is 8.31. The summed E-state index contributed by atoms with van der Waals surface area (Å²) in [7, 11) is 0. The first-order valence-corrected chi connectivity index (χ1v) is 15.9. The van der Waals surface area contributed by atoms with Crippen LogP contribution in [0.3, 0.4) is 0 Å². The van der Waals surface area contributed by atoms with Crippen molar-refractivity contribution in [1.82, 2.24) is 0 Å². The molecule has 1 aliphatic rings. The van der Waals surface area contributed by atoms with Gasteiger partial charge in [0.1, 0.15) is 11.2 Å². The maximum absolute atomic E-state index is 13.1. The first-order chi connectivity index (χ1) is 20.7. The number of aliphatic carboxylic acids is 1. The van der Waals surface area contributed by atoms with E-state index < -0.39 is 17.4 Å². The molecule has 0 fully saturated rings. The molecule has 1 atom stereocenters. The van der Waals surface area contributed by atoms with Gasteiger partial charge in [-0.05, 0) is 61.4 Å². The van der Waals surface area contributed by atoms with Crippen LogP contribution in [0.4, 0.5) is 0 Å². The number of benzene rings is 2. The van der Waals surface area contributed by atoms with Crippen molar-refractivity contribution in [2.75, 3.05) is 0 Å². The largest absolute Gasteiger partial charge is 0.480 e. The molecule has 0 spiro atoms. The van der Waals surface area contributed by atoms with E-state index >= 15 is 0 Å². The number of unbranched alkanes of at least 4 members (excludes halogenated alkanes) is 6. The van der Waals surface area contributed by atoms with Crippen LogP contribution in [0.15, 0.2) is 72.8 Å². The van der Waals surface area contributed by atoms with Gasteiger partial charge in [-0.2, -0.15) is 0 Å². The Kier molecular flexibility index (Phi) is 13.2. The van der Waals surface area contributed by atoms with Gasteiger partial charge in [-0.15, -0.1) is 0 Å². The molecular weight excluding hydrogens is 540 g/mol. The molecule has 0 bridgehead atoms. The van der Waals surface area contributed by atoms with Crippen molar-refractivity contribution in [1.29, 1.82) is 0 Å². The summed E-state index contributed by atoms with van der Waals surface area (Å²) >= 11 is 0. The van der Waals surface area contributed by atoms with Crippen molar-refractivity contribution >= 4 is 17.9 Å². The Bertz CT molecular complexity index is 1240. The summed E-state index contributed by atoms with van der Waals surface area (Å²) in [6, 6.07) is 14.1. The highest BCUT2D eigenvalue weighted by atomic mass is 16.5. The molecule has 2 aromatic carbocycles. The van der Waals surface area contributed by atoms with Crippen molar-refractivity contribution in [3.8, 4) is 5.75 Å². The van der Waals surface area contributed by atoms with Gasteiger partial charge in [0, 0.05) is 12.3 Å². The Morgan fingerprint density at radius 1 is 0.837 bits per heavy atom. The van der Waals surface area contributed by atoms with Crippen LogP contribution < -0.4 is 4.74 Å². The van der Waals surface area contributed by atoms with Gasteiger partial charge < -0.3 is 14.6 Å². The lowest BCUT2D eigenvalue weighted by Gasteiger charge is -2.29. The topological polar surface area (TPSA) is 89.9 Å². The molecule has 0 aliphatic heterocycles. The fraction of sp³-hybridized carbons (Fsp3) is 0.486. The van der Waals surface area contributed by atoms with Crippen molar-refractivity contribution in [2.24, 2.45) is 5.92 Å². The Balaban J connectivity index is 1.64. The van der Waals surface area contributed by atoms with Crippen LogP contribution in [0, 0.1) is 5.92 Å². The molecule has 0 heterocycles. The summed E-state index contributed by atoms with van der Waals surface area (Å²) in [5.74, 6) is -0.990. The Hall–Kier alpha value is -3.67. The van der Waals surface area contributed by atoms with E-state index in [0.29, 0.717) is 23.7 Å². The smallest absolute Gasteiger partial charge is 0.338 e. The number of ether oxygens (including phenoxy) is 2. The predicted molar refractivity (Wildman–Crippen MR) is 170 cm³/mol. The zero-order chi connectivity index (χ0) is 31.2. The molecule has 0 aromatic heterocycles. The highest BCUT2D eigenvalue weighted by Crippen LogP contribution is 2.38. The summed E-state index contributed by atoms with van der Waals surface area (Å²) in [6.07, 6.45) is 16.8. The van der Waals surface area contributed by atoms with Gasteiger partial charge in [-0.1, -0.05) is 114 Å². The van der Waals surface area contributed by atoms with Gasteiger partial charge in [0.2, 0.25) is 0 Å². The molecule has 0 amide bonds. The SMILES string of the molecule is CCCCCCCCCC(=O)Oc1ccc(C2C=CC(C(=O)O)(c3ccccc3C(=O)O[C@H](C)CCC(C)C)C=C2)cc1. The molecule has 0 saturated carbocycles. The van der Waals surface area contributed by atoms with E-state index in [2.05, 4.69) is 20.8 Å². The number of carbonyl (C=O) groups is 3. The molecule has 232 valence electrons. The average molecular weight is 589 g/mol. The summed E-state index contributed by atoms with van der Waals surface area (Å²) in [5.41, 5.74) is 0.0538. The summed E-state index contributed by atoms with van der Waals surface area (Å²) in [4.78, 5) is 38.1. The number of carboxylic acids is 1. The van der Waals surface area contributed by atoms with E-state index in [0.717, 1.165) is 37.7 Å². The second-order valence-corrected chi connectivity index (χ2v) is 12.1. The third-order valence-electron chi connectivity index (χ3n) is 8.02. The van der Waals surface area contributed by atoms with E-state index in [-0.39, 0.29) is 23.6 Å². The fourth-order valence-corrected chi connectivity index (χ4v) is 5.35. The van der Waals surface area contributed by atoms with Crippen LogP contribution in [0.25, 0.3) is 0 Å². The number of carboxylic acid groups (broad SMARTS) is 1. The maximum Gasteiger partial charge on any atom is 0.338 e. The standard InChI is InChI=1S/C37H48O6/c1-5-6-7-8-9-10-11-16-34(38)43-31-21-19-29(20-22-31)30-23-25-37(26-24-30,36(40)41)33-15-13-12-14-32(33)35(39)42-28(4)18-17-27(2)3/h12-15,19-28,30H,5-11,16-18H2,1-4H3,(H,40,41)/t28-,30?,37?/m1/s1. The minimum atomic E-state index is -1.50. The van der Waals surface area contributed by atoms with E-state index in [1.165, 1.54) is 25.7 Å². The number of allylic oxidation sites excluding steroid dienone is 2. The molecular formula is C37H48O6. The molecule has 0 unspecified atom stereocenters. The quantitative estimate of drug-likeness (QED) is 0.0859. The van der Waals surface area contributed by atoms with Gasteiger partial charge in [0.25, 0.3) is 0 Å². The number of hydrogen-bond acceptors (Lipinski definition) is 5. The van der Waals surface area contributed by atoms with Crippen LogP contribution in [-0.4, -0.2) is 29.1 Å². The summed E-state index contributed by atoms with van der Waals surface area (Å²) in [5, 5.41) is 10.4. The van der Waals surface area contributed by atoms with Crippen LogP contribution in [-0.2, 0) is 19.7 Å². The molecule has 2 aromatic rings. The maximum atomic E-state index is 13.1. The first-order valence-electron chi connectivity index (χ1n) is 15.9. The van der Waals surface area contributed by atoms with E-state index in [1.807, 2.05) is 31.2 Å². The van der Waals surface area contributed by atoms with Crippen molar-refractivity contribution < 1.29 is 29.0 Å². The normalized spacial score (nSPS) is 18.4. The van der Waals surface area contributed by atoms with E-state index in [9.17, 15) is 19.5 Å². The lowest BCUT2D eigenvalue weighted by molar-refractivity contribution is -0.140. The predicted octanol–water partition coefficient (Wildman–Crippen LogP) is 8.95. The molecule has 0 saturated heterocycles. The van der Waals surface area contributed by atoms with Crippen molar-refractivity contribution in [3.63, 3.8) is 0 Å². The molecule has 1 N–H and O–H groups in total. The third kappa shape index (κ3) is 9.94. The second-order valence-electron chi connectivity index (χ2n) is 12.1. The third-order valence-corrected chi connectivity index (χ3v) is 8.02. The van der Waals surface area contributed by atoms with Crippen LogP contribution in [0.2, 0.25) is 0 Å². The van der Waals surface area contributed by atoms with Gasteiger partial charge in [0.15, 0.2) is 0 Å². The zero-order valence-corrected chi connectivity index (χ0v) is 26.2. The lowest BCUT2D eigenvalue weighted by atomic mass is 9.73. The molecule has 6 nitrogen and oxygen atoms in total. The number of carbonyl (C=O) groups excluding carboxylic acids is 2. The first kappa shape index (κ1) is 33.8. The molecule has 0 radical (unpaired) electrons. The second kappa shape index (κ2) is 16.8. The van der Waals surface area contributed by atoms with Crippen LogP contribution in [0.1, 0.15) is 119 Å². The van der Waals surface area contributed by atoms with Crippen LogP contribution >= 0.6 is 0 Å². The Morgan fingerprint density at radius 3 is 2.09 bits per heavy atom. The monoisotopic (exact) mass is 588 g/mol. The average Bonchev–Trinajstić information content (AvgIpc) is 3.00. The van der Waals surface area contributed by atoms with E-state index in [4.69, 9.17) is 9.47 Å². The molecule has 3 rings (SSSR count). The fourth-order valence-electron chi connectivity index (χ4n) is 5.35. The lowest BCUT2D eigenvalue weighted by Crippen LogP contribution is -2.35.